The summed E-state index contributed by atoms with van der Waals surface area (Å²) in [6.07, 6.45) is 1.76. The van der Waals surface area contributed by atoms with E-state index in [-0.39, 0.29) is 17.3 Å². The molecule has 0 spiro atoms. The topological polar surface area (TPSA) is 105 Å². The summed E-state index contributed by atoms with van der Waals surface area (Å²) in [6, 6.07) is 6.45. The highest BCUT2D eigenvalue weighted by Crippen LogP contribution is 2.28. The van der Waals surface area contributed by atoms with Gasteiger partial charge in [-0.1, -0.05) is 19.4 Å². The largest absolute Gasteiger partial charge is 0.375 e. The molecule has 0 radical (unpaired) electrons. The Morgan fingerprint density at radius 1 is 1.61 bits per heavy atom. The average molecular weight is 248 g/mol. The van der Waals surface area contributed by atoms with Crippen LogP contribution in [0.4, 0.5) is 11.4 Å². The Morgan fingerprint density at radius 2 is 2.33 bits per heavy atom. The fourth-order valence-electron chi connectivity index (χ4n) is 1.76. The molecule has 0 aliphatic heterocycles. The predicted octanol–water partition coefficient (Wildman–Crippen LogP) is 2.01. The SMILES string of the molecule is CCCC(CN)Nc1cccc(C#N)c1[N+](=O)[O-]. The molecular weight excluding hydrogens is 232 g/mol. The normalized spacial score (nSPS) is 11.6. The van der Waals surface area contributed by atoms with Gasteiger partial charge in [-0.05, 0) is 18.6 Å². The molecule has 0 bridgehead atoms. The van der Waals surface area contributed by atoms with E-state index < -0.39 is 4.92 Å². The van der Waals surface area contributed by atoms with Crippen molar-refractivity contribution in [3.63, 3.8) is 0 Å². The molecule has 6 nitrogen and oxygen atoms in total. The fraction of sp³-hybridized carbons (Fsp3) is 0.417. The molecule has 0 aliphatic rings. The minimum Gasteiger partial charge on any atom is -0.375 e. The molecule has 0 heterocycles. The molecule has 0 aliphatic carbocycles. The number of nitrogens with zero attached hydrogens (tertiary/aromatic N) is 2. The van der Waals surface area contributed by atoms with Gasteiger partial charge in [0.25, 0.3) is 0 Å². The third kappa shape index (κ3) is 3.18. The van der Waals surface area contributed by atoms with Crippen LogP contribution < -0.4 is 11.1 Å². The van der Waals surface area contributed by atoms with Crippen molar-refractivity contribution in [2.75, 3.05) is 11.9 Å². The number of anilines is 1. The van der Waals surface area contributed by atoms with Gasteiger partial charge in [-0.2, -0.15) is 5.26 Å². The van der Waals surface area contributed by atoms with Crippen molar-refractivity contribution in [1.82, 2.24) is 0 Å². The first kappa shape index (κ1) is 13.9. The molecule has 1 unspecified atom stereocenters. The second-order valence-corrected chi connectivity index (χ2v) is 3.94. The van der Waals surface area contributed by atoms with Gasteiger partial charge in [0, 0.05) is 12.6 Å². The standard InChI is InChI=1S/C12H16N4O2/c1-2-4-10(8-14)15-11-6-3-5-9(7-13)12(11)16(17)18/h3,5-6,10,15H,2,4,8,14H2,1H3. The van der Waals surface area contributed by atoms with E-state index in [1.807, 2.05) is 13.0 Å². The summed E-state index contributed by atoms with van der Waals surface area (Å²) in [5.74, 6) is 0. The van der Waals surface area contributed by atoms with E-state index >= 15 is 0 Å². The number of hydrogen-bond donors (Lipinski definition) is 2. The Morgan fingerprint density at radius 3 is 2.83 bits per heavy atom. The van der Waals surface area contributed by atoms with Crippen LogP contribution in [0.3, 0.4) is 0 Å². The third-order valence-electron chi connectivity index (χ3n) is 2.62. The Hall–Kier alpha value is -2.13. The van der Waals surface area contributed by atoms with Crippen LogP contribution in [-0.4, -0.2) is 17.5 Å². The monoisotopic (exact) mass is 248 g/mol. The number of nitrogens with one attached hydrogen (secondary N) is 1. The van der Waals surface area contributed by atoms with Crippen molar-refractivity contribution in [3.8, 4) is 6.07 Å². The quantitative estimate of drug-likeness (QED) is 0.591. The van der Waals surface area contributed by atoms with Crippen LogP contribution in [0.15, 0.2) is 18.2 Å². The van der Waals surface area contributed by atoms with E-state index in [0.717, 1.165) is 12.8 Å². The number of para-hydroxylation sites is 1. The first-order valence-corrected chi connectivity index (χ1v) is 5.78. The molecule has 3 N–H and O–H groups in total. The summed E-state index contributed by atoms with van der Waals surface area (Å²) in [5, 5.41) is 22.9. The lowest BCUT2D eigenvalue weighted by atomic mass is 10.1. The van der Waals surface area contributed by atoms with Crippen molar-refractivity contribution < 1.29 is 4.92 Å². The number of nitriles is 1. The van der Waals surface area contributed by atoms with Crippen LogP contribution in [0, 0.1) is 21.4 Å². The van der Waals surface area contributed by atoms with Gasteiger partial charge in [0.05, 0.1) is 4.92 Å². The Kier molecular flexibility index (Phi) is 5.08. The van der Waals surface area contributed by atoms with Crippen LogP contribution in [0.5, 0.6) is 0 Å². The summed E-state index contributed by atoms with van der Waals surface area (Å²) in [5.41, 5.74) is 5.82. The van der Waals surface area contributed by atoms with Gasteiger partial charge in [0.1, 0.15) is 17.3 Å². The number of nitro groups is 1. The molecule has 0 amide bonds. The maximum atomic E-state index is 11.0. The summed E-state index contributed by atoms with van der Waals surface area (Å²) in [4.78, 5) is 10.5. The Labute approximate surface area is 106 Å². The molecule has 96 valence electrons. The zero-order valence-electron chi connectivity index (χ0n) is 10.2. The number of rotatable bonds is 6. The minimum atomic E-state index is -0.541. The maximum absolute atomic E-state index is 11.0. The highest BCUT2D eigenvalue weighted by atomic mass is 16.6. The Balaban J connectivity index is 3.08. The van der Waals surface area contributed by atoms with Crippen LogP contribution in [0.1, 0.15) is 25.3 Å². The van der Waals surface area contributed by atoms with Crippen molar-refractivity contribution >= 4 is 11.4 Å². The summed E-state index contributed by atoms with van der Waals surface area (Å²) >= 11 is 0. The van der Waals surface area contributed by atoms with Crippen molar-refractivity contribution in [2.45, 2.75) is 25.8 Å². The van der Waals surface area contributed by atoms with Crippen LogP contribution in [-0.2, 0) is 0 Å². The molecule has 1 aromatic rings. The number of nitro benzene ring substituents is 1. The highest BCUT2D eigenvalue weighted by Gasteiger charge is 2.20. The first-order chi connectivity index (χ1) is 8.63. The molecule has 1 atom stereocenters. The van der Waals surface area contributed by atoms with Crippen molar-refractivity contribution in [3.05, 3.63) is 33.9 Å². The lowest BCUT2D eigenvalue weighted by Gasteiger charge is -2.17. The predicted molar refractivity (Wildman–Crippen MR) is 69.2 cm³/mol. The van der Waals surface area contributed by atoms with E-state index in [9.17, 15) is 10.1 Å². The lowest BCUT2D eigenvalue weighted by Crippen LogP contribution is -2.28. The third-order valence-corrected chi connectivity index (χ3v) is 2.62. The summed E-state index contributed by atoms with van der Waals surface area (Å²) in [7, 11) is 0. The van der Waals surface area contributed by atoms with Gasteiger partial charge in [-0.3, -0.25) is 10.1 Å². The van der Waals surface area contributed by atoms with E-state index in [2.05, 4.69) is 5.32 Å². The van der Waals surface area contributed by atoms with Gasteiger partial charge in [-0.15, -0.1) is 0 Å². The minimum absolute atomic E-state index is 0.0253. The highest BCUT2D eigenvalue weighted by molar-refractivity contribution is 5.68. The van der Waals surface area contributed by atoms with Gasteiger partial charge >= 0.3 is 5.69 Å². The second-order valence-electron chi connectivity index (χ2n) is 3.94. The van der Waals surface area contributed by atoms with Gasteiger partial charge < -0.3 is 11.1 Å². The molecular formula is C12H16N4O2. The Bertz CT molecular complexity index is 468. The van der Waals surface area contributed by atoms with Gasteiger partial charge in [-0.25, -0.2) is 0 Å². The van der Waals surface area contributed by atoms with E-state index in [4.69, 9.17) is 11.0 Å². The molecule has 1 aromatic carbocycles. The zero-order valence-corrected chi connectivity index (χ0v) is 10.2. The van der Waals surface area contributed by atoms with Gasteiger partial charge in [0.15, 0.2) is 0 Å². The van der Waals surface area contributed by atoms with E-state index in [1.54, 1.807) is 12.1 Å². The number of benzene rings is 1. The van der Waals surface area contributed by atoms with E-state index in [0.29, 0.717) is 12.2 Å². The lowest BCUT2D eigenvalue weighted by molar-refractivity contribution is -0.384. The van der Waals surface area contributed by atoms with Crippen molar-refractivity contribution in [2.24, 2.45) is 5.73 Å². The average Bonchev–Trinajstić information content (AvgIpc) is 2.37. The summed E-state index contributed by atoms with van der Waals surface area (Å²) in [6.45, 7) is 2.41. The van der Waals surface area contributed by atoms with Crippen LogP contribution >= 0.6 is 0 Å². The second kappa shape index (κ2) is 6.57. The zero-order chi connectivity index (χ0) is 13.5. The van der Waals surface area contributed by atoms with Gasteiger partial charge in [0.2, 0.25) is 0 Å². The first-order valence-electron chi connectivity index (χ1n) is 5.78. The molecule has 0 saturated heterocycles. The van der Waals surface area contributed by atoms with Crippen LogP contribution in [0.2, 0.25) is 0 Å². The maximum Gasteiger partial charge on any atom is 0.309 e. The molecule has 0 aromatic heterocycles. The summed E-state index contributed by atoms with van der Waals surface area (Å²) < 4.78 is 0. The fourth-order valence-corrected chi connectivity index (χ4v) is 1.76. The van der Waals surface area contributed by atoms with Crippen molar-refractivity contribution in [1.29, 1.82) is 5.26 Å². The van der Waals surface area contributed by atoms with E-state index in [1.165, 1.54) is 6.07 Å². The smallest absolute Gasteiger partial charge is 0.309 e. The molecule has 18 heavy (non-hydrogen) atoms. The number of nitrogens with two attached hydrogens (primary N) is 1. The molecule has 6 heteroatoms. The van der Waals surface area contributed by atoms with Crippen LogP contribution in [0.25, 0.3) is 0 Å². The molecule has 1 rings (SSSR count). The number of hydrogen-bond acceptors (Lipinski definition) is 5. The molecule has 0 saturated carbocycles. The molecule has 0 fully saturated rings.